The van der Waals surface area contributed by atoms with Crippen molar-refractivity contribution in [2.75, 3.05) is 20.2 Å². The third-order valence-electron chi connectivity index (χ3n) is 3.21. The smallest absolute Gasteiger partial charge is 0.220 e. The van der Waals surface area contributed by atoms with E-state index in [-0.39, 0.29) is 18.1 Å². The van der Waals surface area contributed by atoms with E-state index in [1.165, 1.54) is 4.88 Å². The van der Waals surface area contributed by atoms with Gasteiger partial charge in [0.05, 0.1) is 12.1 Å². The Kier molecular flexibility index (Phi) is 5.16. The second kappa shape index (κ2) is 6.87. The van der Waals surface area contributed by atoms with Crippen molar-refractivity contribution in [1.29, 1.82) is 0 Å². The van der Waals surface area contributed by atoms with Gasteiger partial charge in [0.2, 0.25) is 5.91 Å². The molecule has 1 fully saturated rings. The highest BCUT2D eigenvalue weighted by molar-refractivity contribution is 7.09. The number of nitrogens with one attached hydrogen (secondary N) is 2. The Hall–Kier alpha value is -0.910. The van der Waals surface area contributed by atoms with Crippen LogP contribution in [0, 0.1) is 0 Å². The van der Waals surface area contributed by atoms with Crippen LogP contribution < -0.4 is 10.6 Å². The quantitative estimate of drug-likeness (QED) is 0.814. The molecule has 2 heterocycles. The van der Waals surface area contributed by atoms with E-state index in [1.54, 1.807) is 18.4 Å². The molecule has 1 saturated heterocycles. The second-order valence-electron chi connectivity index (χ2n) is 4.54. The van der Waals surface area contributed by atoms with Crippen molar-refractivity contribution in [2.45, 2.75) is 31.4 Å². The summed E-state index contributed by atoms with van der Waals surface area (Å²) in [6.07, 6.45) is 2.59. The first-order valence-electron chi connectivity index (χ1n) is 6.35. The molecule has 0 aromatic carbocycles. The van der Waals surface area contributed by atoms with Crippen molar-refractivity contribution in [1.82, 2.24) is 10.6 Å². The van der Waals surface area contributed by atoms with E-state index in [4.69, 9.17) is 4.74 Å². The van der Waals surface area contributed by atoms with Crippen LogP contribution in [0.3, 0.4) is 0 Å². The van der Waals surface area contributed by atoms with E-state index in [0.717, 1.165) is 25.9 Å². The maximum Gasteiger partial charge on any atom is 0.220 e. The van der Waals surface area contributed by atoms with Crippen molar-refractivity contribution < 1.29 is 9.53 Å². The summed E-state index contributed by atoms with van der Waals surface area (Å²) in [5.41, 5.74) is 0. The van der Waals surface area contributed by atoms with Crippen molar-refractivity contribution in [3.05, 3.63) is 22.4 Å². The third kappa shape index (κ3) is 3.80. The number of carbonyl (C=O) groups is 1. The minimum Gasteiger partial charge on any atom is -0.378 e. The van der Waals surface area contributed by atoms with Crippen LogP contribution in [-0.2, 0) is 16.0 Å². The lowest BCUT2D eigenvalue weighted by atomic mass is 10.1. The number of aryl methyl sites for hydroxylation is 1. The zero-order chi connectivity index (χ0) is 12.8. The molecule has 2 atom stereocenters. The maximum absolute atomic E-state index is 11.8. The molecule has 1 amide bonds. The summed E-state index contributed by atoms with van der Waals surface area (Å²) >= 11 is 1.75. The molecular formula is C13H20N2O2S. The fourth-order valence-corrected chi connectivity index (χ4v) is 2.95. The molecule has 4 nitrogen and oxygen atoms in total. The Morgan fingerprint density at radius 2 is 2.50 bits per heavy atom. The Morgan fingerprint density at radius 3 is 3.22 bits per heavy atom. The molecule has 2 rings (SSSR count). The number of hydrogen-bond donors (Lipinski definition) is 2. The minimum atomic E-state index is 0.103. The van der Waals surface area contributed by atoms with Crippen LogP contribution in [0.4, 0.5) is 0 Å². The highest BCUT2D eigenvalue weighted by Crippen LogP contribution is 2.12. The Bertz CT molecular complexity index is 367. The maximum atomic E-state index is 11.8. The number of amides is 1. The van der Waals surface area contributed by atoms with Gasteiger partial charge >= 0.3 is 0 Å². The van der Waals surface area contributed by atoms with Gasteiger partial charge in [-0.25, -0.2) is 0 Å². The molecule has 18 heavy (non-hydrogen) atoms. The van der Waals surface area contributed by atoms with Gasteiger partial charge in [0.25, 0.3) is 0 Å². The molecular weight excluding hydrogens is 248 g/mol. The summed E-state index contributed by atoms with van der Waals surface area (Å²) in [6, 6.07) is 4.28. The molecule has 0 aliphatic carbocycles. The number of carbonyl (C=O) groups excluding carboxylic acids is 1. The standard InChI is InChI=1S/C13H20N2O2S/c1-17-12-9-14-8-11(12)15-13(16)6-2-4-10-5-3-7-18-10/h3,5,7,11-12,14H,2,4,6,8-9H2,1H3,(H,15,16)/t11-,12-/m0/s1. The van der Waals surface area contributed by atoms with Crippen LogP contribution in [-0.4, -0.2) is 38.3 Å². The molecule has 0 unspecified atom stereocenters. The molecule has 0 saturated carbocycles. The second-order valence-corrected chi connectivity index (χ2v) is 5.57. The molecule has 1 aromatic rings. The Balaban J connectivity index is 1.65. The monoisotopic (exact) mass is 268 g/mol. The summed E-state index contributed by atoms with van der Waals surface area (Å²) in [4.78, 5) is 13.1. The van der Waals surface area contributed by atoms with Crippen LogP contribution in [0.1, 0.15) is 17.7 Å². The summed E-state index contributed by atoms with van der Waals surface area (Å²) in [6.45, 7) is 1.62. The first kappa shape index (κ1) is 13.5. The summed E-state index contributed by atoms with van der Waals surface area (Å²) < 4.78 is 5.31. The molecule has 2 N–H and O–H groups in total. The zero-order valence-corrected chi connectivity index (χ0v) is 11.5. The van der Waals surface area contributed by atoms with Crippen molar-refractivity contribution in [3.8, 4) is 0 Å². The Morgan fingerprint density at radius 1 is 1.61 bits per heavy atom. The van der Waals surface area contributed by atoms with Crippen LogP contribution in [0.25, 0.3) is 0 Å². The average Bonchev–Trinajstić information content (AvgIpc) is 3.00. The van der Waals surface area contributed by atoms with Gasteiger partial charge in [0.15, 0.2) is 0 Å². The van der Waals surface area contributed by atoms with E-state index < -0.39 is 0 Å². The van der Waals surface area contributed by atoms with Gasteiger partial charge in [-0.15, -0.1) is 11.3 Å². The summed E-state index contributed by atoms with van der Waals surface area (Å²) in [7, 11) is 1.69. The summed E-state index contributed by atoms with van der Waals surface area (Å²) in [5.74, 6) is 0.127. The van der Waals surface area contributed by atoms with Crippen LogP contribution >= 0.6 is 11.3 Å². The molecule has 1 aromatic heterocycles. The van der Waals surface area contributed by atoms with Gasteiger partial charge in [0.1, 0.15) is 0 Å². The third-order valence-corrected chi connectivity index (χ3v) is 4.15. The number of rotatable bonds is 6. The van der Waals surface area contributed by atoms with Gasteiger partial charge in [-0.05, 0) is 24.3 Å². The first-order valence-corrected chi connectivity index (χ1v) is 7.23. The van der Waals surface area contributed by atoms with Crippen LogP contribution in [0.2, 0.25) is 0 Å². The van der Waals surface area contributed by atoms with Gasteiger partial charge in [-0.1, -0.05) is 6.07 Å². The lowest BCUT2D eigenvalue weighted by molar-refractivity contribution is -0.122. The van der Waals surface area contributed by atoms with Crippen molar-refractivity contribution in [2.24, 2.45) is 0 Å². The van der Waals surface area contributed by atoms with E-state index in [1.807, 2.05) is 6.07 Å². The predicted octanol–water partition coefficient (Wildman–Crippen LogP) is 1.17. The highest BCUT2D eigenvalue weighted by Gasteiger charge is 2.27. The van der Waals surface area contributed by atoms with Gasteiger partial charge in [-0.2, -0.15) is 0 Å². The number of hydrogen-bond acceptors (Lipinski definition) is 4. The van der Waals surface area contributed by atoms with E-state index in [2.05, 4.69) is 22.1 Å². The number of methoxy groups -OCH3 is 1. The fraction of sp³-hybridized carbons (Fsp3) is 0.615. The number of thiophene rings is 1. The lowest BCUT2D eigenvalue weighted by Crippen LogP contribution is -2.43. The Labute approximate surface area is 112 Å². The van der Waals surface area contributed by atoms with Gasteiger partial charge in [0, 0.05) is 31.5 Å². The lowest BCUT2D eigenvalue weighted by Gasteiger charge is -2.18. The van der Waals surface area contributed by atoms with E-state index in [9.17, 15) is 4.79 Å². The van der Waals surface area contributed by atoms with Crippen molar-refractivity contribution >= 4 is 17.2 Å². The predicted molar refractivity (Wildman–Crippen MR) is 72.9 cm³/mol. The van der Waals surface area contributed by atoms with Gasteiger partial charge in [-0.3, -0.25) is 4.79 Å². The molecule has 1 aliphatic heterocycles. The normalized spacial score (nSPS) is 23.2. The average molecular weight is 268 g/mol. The highest BCUT2D eigenvalue weighted by atomic mass is 32.1. The molecule has 0 radical (unpaired) electrons. The van der Waals surface area contributed by atoms with Crippen molar-refractivity contribution in [3.63, 3.8) is 0 Å². The largest absolute Gasteiger partial charge is 0.378 e. The molecule has 5 heteroatoms. The van der Waals surface area contributed by atoms with Gasteiger partial charge < -0.3 is 15.4 Å². The molecule has 1 aliphatic rings. The van der Waals surface area contributed by atoms with Crippen LogP contribution in [0.15, 0.2) is 17.5 Å². The molecule has 0 bridgehead atoms. The fourth-order valence-electron chi connectivity index (χ4n) is 2.20. The van der Waals surface area contributed by atoms with Crippen LogP contribution in [0.5, 0.6) is 0 Å². The first-order chi connectivity index (χ1) is 8.79. The SMILES string of the molecule is CO[C@H]1CNC[C@@H]1NC(=O)CCCc1cccs1. The summed E-state index contributed by atoms with van der Waals surface area (Å²) in [5, 5.41) is 8.33. The van der Waals surface area contributed by atoms with E-state index >= 15 is 0 Å². The number of ether oxygens (including phenoxy) is 1. The molecule has 0 spiro atoms. The van der Waals surface area contributed by atoms with E-state index in [0.29, 0.717) is 6.42 Å². The topological polar surface area (TPSA) is 50.4 Å². The zero-order valence-electron chi connectivity index (χ0n) is 10.6. The molecule has 100 valence electrons. The minimum absolute atomic E-state index is 0.103.